The van der Waals surface area contributed by atoms with Gasteiger partial charge in [0.2, 0.25) is 0 Å². The summed E-state index contributed by atoms with van der Waals surface area (Å²) in [4.78, 5) is 17.3. The maximum atomic E-state index is 11.1. The van der Waals surface area contributed by atoms with E-state index in [4.69, 9.17) is 5.73 Å². The SMILES string of the molecule is NC(=O)c1cc(N2CC(Cn3cc(Br)cn3)C2)ccn1. The lowest BCUT2D eigenvalue weighted by Gasteiger charge is -2.41. The molecule has 1 amide bonds. The van der Waals surface area contributed by atoms with Crippen LogP contribution in [0.25, 0.3) is 0 Å². The van der Waals surface area contributed by atoms with Gasteiger partial charge in [0.15, 0.2) is 0 Å². The number of anilines is 1. The summed E-state index contributed by atoms with van der Waals surface area (Å²) < 4.78 is 2.93. The normalized spacial score (nSPS) is 15.2. The molecule has 0 aromatic carbocycles. The summed E-state index contributed by atoms with van der Waals surface area (Å²) in [7, 11) is 0. The van der Waals surface area contributed by atoms with Gasteiger partial charge >= 0.3 is 0 Å². The largest absolute Gasteiger partial charge is 0.371 e. The smallest absolute Gasteiger partial charge is 0.267 e. The van der Waals surface area contributed by atoms with E-state index >= 15 is 0 Å². The highest BCUT2D eigenvalue weighted by Crippen LogP contribution is 2.25. The number of pyridine rings is 1. The number of nitrogens with two attached hydrogens (primary N) is 1. The number of aromatic nitrogens is 3. The van der Waals surface area contributed by atoms with E-state index in [0.29, 0.717) is 11.6 Å². The number of amides is 1. The first-order valence-electron chi connectivity index (χ1n) is 6.30. The van der Waals surface area contributed by atoms with Crippen LogP contribution in [-0.2, 0) is 6.54 Å². The van der Waals surface area contributed by atoms with Crippen molar-refractivity contribution in [2.75, 3.05) is 18.0 Å². The van der Waals surface area contributed by atoms with E-state index in [1.165, 1.54) is 0 Å². The molecule has 0 radical (unpaired) electrons. The molecule has 1 saturated heterocycles. The summed E-state index contributed by atoms with van der Waals surface area (Å²) in [5.74, 6) is 0.0670. The number of hydrogen-bond acceptors (Lipinski definition) is 4. The Balaban J connectivity index is 1.60. The highest BCUT2D eigenvalue weighted by molar-refractivity contribution is 9.10. The highest BCUT2D eigenvalue weighted by Gasteiger charge is 2.27. The standard InChI is InChI=1S/C13H14BrN5O/c14-10-4-17-19(8-10)7-9-5-18(6-9)11-1-2-16-12(3-11)13(15)20/h1-4,8-9H,5-7H2,(H2,15,20). The number of carbonyl (C=O) groups is 1. The molecule has 104 valence electrons. The predicted molar refractivity (Wildman–Crippen MR) is 78.4 cm³/mol. The fourth-order valence-electron chi connectivity index (χ4n) is 2.35. The zero-order valence-corrected chi connectivity index (χ0v) is 12.3. The van der Waals surface area contributed by atoms with Gasteiger partial charge in [0.05, 0.1) is 10.7 Å². The number of nitrogens with zero attached hydrogens (tertiary/aromatic N) is 4. The lowest BCUT2D eigenvalue weighted by atomic mass is 9.99. The molecule has 0 saturated carbocycles. The van der Waals surface area contributed by atoms with Crippen LogP contribution in [0, 0.1) is 5.92 Å². The third-order valence-electron chi connectivity index (χ3n) is 3.37. The second-order valence-electron chi connectivity index (χ2n) is 4.92. The van der Waals surface area contributed by atoms with Crippen molar-refractivity contribution in [3.63, 3.8) is 0 Å². The van der Waals surface area contributed by atoms with E-state index in [9.17, 15) is 4.79 Å². The molecular formula is C13H14BrN5O. The molecule has 2 aromatic heterocycles. The van der Waals surface area contributed by atoms with Gasteiger partial charge in [-0.2, -0.15) is 5.10 Å². The van der Waals surface area contributed by atoms with E-state index in [2.05, 4.69) is 30.9 Å². The van der Waals surface area contributed by atoms with Crippen molar-refractivity contribution in [2.45, 2.75) is 6.54 Å². The molecule has 6 nitrogen and oxygen atoms in total. The van der Waals surface area contributed by atoms with Crippen LogP contribution in [0.15, 0.2) is 35.2 Å². The molecule has 20 heavy (non-hydrogen) atoms. The third kappa shape index (κ3) is 2.67. The van der Waals surface area contributed by atoms with Crippen LogP contribution in [0.3, 0.4) is 0 Å². The van der Waals surface area contributed by atoms with Crippen molar-refractivity contribution in [3.8, 4) is 0 Å². The summed E-state index contributed by atoms with van der Waals surface area (Å²) in [5.41, 5.74) is 6.54. The Labute approximate surface area is 124 Å². The van der Waals surface area contributed by atoms with Crippen LogP contribution in [0.4, 0.5) is 5.69 Å². The van der Waals surface area contributed by atoms with Gasteiger partial charge in [0.25, 0.3) is 5.91 Å². The molecule has 0 atom stereocenters. The molecule has 0 spiro atoms. The fourth-order valence-corrected chi connectivity index (χ4v) is 2.68. The van der Waals surface area contributed by atoms with E-state index in [0.717, 1.165) is 29.8 Å². The maximum Gasteiger partial charge on any atom is 0.267 e. The molecule has 0 bridgehead atoms. The minimum atomic E-state index is -0.495. The molecule has 3 rings (SSSR count). The molecule has 1 fully saturated rings. The molecule has 0 aliphatic carbocycles. The fraction of sp³-hybridized carbons (Fsp3) is 0.308. The molecule has 2 N–H and O–H groups in total. The molecule has 7 heteroatoms. The highest BCUT2D eigenvalue weighted by atomic mass is 79.9. The monoisotopic (exact) mass is 335 g/mol. The summed E-state index contributed by atoms with van der Waals surface area (Å²) in [6.07, 6.45) is 5.38. The van der Waals surface area contributed by atoms with Gasteiger partial charge in [-0.3, -0.25) is 14.5 Å². The summed E-state index contributed by atoms with van der Waals surface area (Å²) in [5, 5.41) is 4.25. The zero-order chi connectivity index (χ0) is 14.1. The average molecular weight is 336 g/mol. The Kier molecular flexibility index (Phi) is 3.43. The molecule has 1 aliphatic rings. The Morgan fingerprint density at radius 1 is 1.50 bits per heavy atom. The summed E-state index contributed by atoms with van der Waals surface area (Å²) in [6, 6.07) is 3.64. The summed E-state index contributed by atoms with van der Waals surface area (Å²) >= 11 is 3.39. The van der Waals surface area contributed by atoms with E-state index in [1.54, 1.807) is 18.5 Å². The number of rotatable bonds is 4. The van der Waals surface area contributed by atoms with Crippen LogP contribution in [0.5, 0.6) is 0 Å². The second-order valence-corrected chi connectivity index (χ2v) is 5.83. The minimum absolute atomic E-state index is 0.307. The molecule has 3 heterocycles. The number of primary amides is 1. The van der Waals surface area contributed by atoms with Crippen molar-refractivity contribution in [1.82, 2.24) is 14.8 Å². The first-order chi connectivity index (χ1) is 9.61. The maximum absolute atomic E-state index is 11.1. The molecular weight excluding hydrogens is 322 g/mol. The molecule has 1 aliphatic heterocycles. The van der Waals surface area contributed by atoms with Crippen LogP contribution in [0.1, 0.15) is 10.5 Å². The van der Waals surface area contributed by atoms with Gasteiger partial charge in [-0.05, 0) is 28.1 Å². The van der Waals surface area contributed by atoms with Gasteiger partial charge in [-0.1, -0.05) is 0 Å². The molecule has 0 unspecified atom stereocenters. The van der Waals surface area contributed by atoms with Gasteiger partial charge in [-0.25, -0.2) is 0 Å². The van der Waals surface area contributed by atoms with Crippen molar-refractivity contribution in [3.05, 3.63) is 40.9 Å². The topological polar surface area (TPSA) is 77.0 Å². The van der Waals surface area contributed by atoms with Gasteiger partial charge in [0.1, 0.15) is 5.69 Å². The van der Waals surface area contributed by atoms with E-state index < -0.39 is 5.91 Å². The van der Waals surface area contributed by atoms with Crippen LogP contribution >= 0.6 is 15.9 Å². The Bertz CT molecular complexity index is 635. The Hall–Kier alpha value is -1.89. The van der Waals surface area contributed by atoms with Crippen LogP contribution < -0.4 is 10.6 Å². The van der Waals surface area contributed by atoms with Crippen molar-refractivity contribution < 1.29 is 4.79 Å². The number of hydrogen-bond donors (Lipinski definition) is 1. The van der Waals surface area contributed by atoms with Crippen molar-refractivity contribution >= 4 is 27.5 Å². The first-order valence-corrected chi connectivity index (χ1v) is 7.10. The third-order valence-corrected chi connectivity index (χ3v) is 3.77. The van der Waals surface area contributed by atoms with Gasteiger partial charge in [0, 0.05) is 43.6 Å². The van der Waals surface area contributed by atoms with Crippen LogP contribution in [-0.4, -0.2) is 33.8 Å². The number of halogens is 1. The van der Waals surface area contributed by atoms with E-state index in [1.807, 2.05) is 16.9 Å². The van der Waals surface area contributed by atoms with E-state index in [-0.39, 0.29) is 0 Å². The zero-order valence-electron chi connectivity index (χ0n) is 10.7. The lowest BCUT2D eigenvalue weighted by Crippen LogP contribution is -2.48. The number of carbonyl (C=O) groups excluding carboxylic acids is 1. The van der Waals surface area contributed by atoms with Crippen molar-refractivity contribution in [2.24, 2.45) is 11.7 Å². The van der Waals surface area contributed by atoms with Crippen molar-refractivity contribution in [1.29, 1.82) is 0 Å². The minimum Gasteiger partial charge on any atom is -0.371 e. The second kappa shape index (κ2) is 5.24. The first kappa shape index (κ1) is 13.1. The predicted octanol–water partition coefficient (Wildman–Crippen LogP) is 1.28. The van der Waals surface area contributed by atoms with Gasteiger partial charge in [-0.15, -0.1) is 0 Å². The van der Waals surface area contributed by atoms with Crippen LogP contribution in [0.2, 0.25) is 0 Å². The lowest BCUT2D eigenvalue weighted by molar-refractivity contribution is 0.0995. The Morgan fingerprint density at radius 2 is 2.30 bits per heavy atom. The Morgan fingerprint density at radius 3 is 2.95 bits per heavy atom. The quantitative estimate of drug-likeness (QED) is 0.912. The van der Waals surface area contributed by atoms with Gasteiger partial charge < -0.3 is 10.6 Å². The molecule has 2 aromatic rings. The summed E-state index contributed by atoms with van der Waals surface area (Å²) in [6.45, 7) is 2.79. The average Bonchev–Trinajstić information content (AvgIpc) is 2.79.